The van der Waals surface area contributed by atoms with Crippen molar-refractivity contribution in [2.45, 2.75) is 96.9 Å². The SMILES string of the molecule is CCCC(C)(C)OC1COC2C(OC(C)(C)C(C)C)COC12. The first-order valence-electron chi connectivity index (χ1n) is 8.75. The molecule has 2 aliphatic heterocycles. The predicted molar refractivity (Wildman–Crippen MR) is 87.1 cm³/mol. The molecule has 2 fully saturated rings. The van der Waals surface area contributed by atoms with Crippen molar-refractivity contribution in [2.24, 2.45) is 5.92 Å². The zero-order valence-corrected chi connectivity index (χ0v) is 15.3. The largest absolute Gasteiger partial charge is 0.370 e. The first-order valence-corrected chi connectivity index (χ1v) is 8.75. The van der Waals surface area contributed by atoms with Gasteiger partial charge in [0, 0.05) is 0 Å². The molecule has 0 N–H and O–H groups in total. The van der Waals surface area contributed by atoms with Crippen LogP contribution in [0.4, 0.5) is 0 Å². The molecule has 2 rings (SSSR count). The molecular weight excluding hydrogens is 280 g/mol. The van der Waals surface area contributed by atoms with Gasteiger partial charge >= 0.3 is 0 Å². The monoisotopic (exact) mass is 314 g/mol. The molecule has 4 nitrogen and oxygen atoms in total. The van der Waals surface area contributed by atoms with E-state index in [4.69, 9.17) is 18.9 Å². The molecule has 0 aliphatic carbocycles. The Bertz CT molecular complexity index is 364. The van der Waals surface area contributed by atoms with Gasteiger partial charge in [-0.3, -0.25) is 0 Å². The van der Waals surface area contributed by atoms with Crippen molar-refractivity contribution in [3.63, 3.8) is 0 Å². The van der Waals surface area contributed by atoms with Gasteiger partial charge in [-0.1, -0.05) is 27.2 Å². The summed E-state index contributed by atoms with van der Waals surface area (Å²) < 4.78 is 24.5. The minimum atomic E-state index is -0.174. The average molecular weight is 314 g/mol. The lowest BCUT2D eigenvalue weighted by atomic mass is 9.94. The number of hydrogen-bond donors (Lipinski definition) is 0. The smallest absolute Gasteiger partial charge is 0.115 e. The molecule has 130 valence electrons. The number of ether oxygens (including phenoxy) is 4. The van der Waals surface area contributed by atoms with Crippen molar-refractivity contribution < 1.29 is 18.9 Å². The summed E-state index contributed by atoms with van der Waals surface area (Å²) in [4.78, 5) is 0. The standard InChI is InChI=1S/C18H34O4/c1-8-9-17(4,5)21-13-10-19-16-14(11-20-15(13)16)22-18(6,7)12(2)3/h12-16H,8-11H2,1-7H3. The molecule has 0 aromatic carbocycles. The van der Waals surface area contributed by atoms with Gasteiger partial charge in [-0.05, 0) is 40.0 Å². The van der Waals surface area contributed by atoms with Crippen molar-refractivity contribution in [1.82, 2.24) is 0 Å². The Morgan fingerprint density at radius 2 is 1.45 bits per heavy atom. The minimum absolute atomic E-state index is 0.000418. The van der Waals surface area contributed by atoms with E-state index < -0.39 is 0 Å². The van der Waals surface area contributed by atoms with Gasteiger partial charge < -0.3 is 18.9 Å². The first kappa shape index (κ1) is 18.2. The van der Waals surface area contributed by atoms with Crippen molar-refractivity contribution in [3.8, 4) is 0 Å². The molecule has 0 amide bonds. The first-order chi connectivity index (χ1) is 10.2. The molecule has 0 aromatic heterocycles. The molecule has 2 heterocycles. The van der Waals surface area contributed by atoms with E-state index in [2.05, 4.69) is 48.5 Å². The van der Waals surface area contributed by atoms with Crippen LogP contribution in [-0.4, -0.2) is 48.8 Å². The molecular formula is C18H34O4. The highest BCUT2D eigenvalue weighted by Gasteiger charge is 2.51. The van der Waals surface area contributed by atoms with Gasteiger partial charge in [0.25, 0.3) is 0 Å². The summed E-state index contributed by atoms with van der Waals surface area (Å²) in [5.41, 5.74) is -0.302. The fourth-order valence-corrected chi connectivity index (χ4v) is 3.23. The number of hydrogen-bond acceptors (Lipinski definition) is 4. The summed E-state index contributed by atoms with van der Waals surface area (Å²) in [7, 11) is 0. The lowest BCUT2D eigenvalue weighted by molar-refractivity contribution is -0.137. The Hall–Kier alpha value is -0.160. The fourth-order valence-electron chi connectivity index (χ4n) is 3.23. The highest BCUT2D eigenvalue weighted by atomic mass is 16.6. The van der Waals surface area contributed by atoms with E-state index in [1.165, 1.54) is 0 Å². The molecule has 2 aliphatic rings. The Morgan fingerprint density at radius 1 is 0.955 bits per heavy atom. The Labute approximate surface area is 135 Å². The highest BCUT2D eigenvalue weighted by molar-refractivity contribution is 4.98. The molecule has 0 radical (unpaired) electrons. The summed E-state index contributed by atoms with van der Waals surface area (Å²) in [6.45, 7) is 16.3. The summed E-state index contributed by atoms with van der Waals surface area (Å²) in [5.74, 6) is 0.448. The van der Waals surface area contributed by atoms with Gasteiger partial charge in [0.15, 0.2) is 0 Å². The predicted octanol–water partition coefficient (Wildman–Crippen LogP) is 3.57. The third kappa shape index (κ3) is 4.02. The molecule has 4 heteroatoms. The molecule has 2 saturated heterocycles. The van der Waals surface area contributed by atoms with Gasteiger partial charge in [0.1, 0.15) is 24.4 Å². The second kappa shape index (κ2) is 6.76. The maximum absolute atomic E-state index is 6.29. The third-order valence-electron chi connectivity index (χ3n) is 5.13. The van der Waals surface area contributed by atoms with Crippen LogP contribution in [-0.2, 0) is 18.9 Å². The quantitative estimate of drug-likeness (QED) is 0.720. The maximum atomic E-state index is 6.29. The Morgan fingerprint density at radius 3 is 1.91 bits per heavy atom. The van der Waals surface area contributed by atoms with Crippen molar-refractivity contribution >= 4 is 0 Å². The number of rotatable bonds is 7. The molecule has 0 aromatic rings. The van der Waals surface area contributed by atoms with Crippen molar-refractivity contribution in [3.05, 3.63) is 0 Å². The normalized spacial score (nSPS) is 32.7. The van der Waals surface area contributed by atoms with Crippen LogP contribution in [0.5, 0.6) is 0 Å². The zero-order chi connectivity index (χ0) is 16.5. The highest BCUT2D eigenvalue weighted by Crippen LogP contribution is 2.36. The second-order valence-corrected chi connectivity index (χ2v) is 8.18. The van der Waals surface area contributed by atoms with Crippen molar-refractivity contribution in [1.29, 1.82) is 0 Å². The number of fused-ring (bicyclic) bond motifs is 1. The lowest BCUT2D eigenvalue weighted by Crippen LogP contribution is -2.42. The Balaban J connectivity index is 1.94. The summed E-state index contributed by atoms with van der Waals surface area (Å²) in [6.07, 6.45) is 2.18. The van der Waals surface area contributed by atoms with Gasteiger partial charge in [-0.2, -0.15) is 0 Å². The van der Waals surface area contributed by atoms with Crippen LogP contribution in [0.3, 0.4) is 0 Å². The second-order valence-electron chi connectivity index (χ2n) is 8.18. The topological polar surface area (TPSA) is 36.9 Å². The van der Waals surface area contributed by atoms with Gasteiger partial charge in [0.05, 0.1) is 24.4 Å². The van der Waals surface area contributed by atoms with Gasteiger partial charge in [-0.15, -0.1) is 0 Å². The molecule has 22 heavy (non-hydrogen) atoms. The minimum Gasteiger partial charge on any atom is -0.370 e. The Kier molecular flexibility index (Phi) is 5.59. The van der Waals surface area contributed by atoms with E-state index in [0.29, 0.717) is 19.1 Å². The average Bonchev–Trinajstić information content (AvgIpc) is 2.93. The van der Waals surface area contributed by atoms with E-state index in [0.717, 1.165) is 12.8 Å². The van der Waals surface area contributed by atoms with Crippen LogP contribution in [0.2, 0.25) is 0 Å². The van der Waals surface area contributed by atoms with E-state index >= 15 is 0 Å². The maximum Gasteiger partial charge on any atom is 0.115 e. The molecule has 4 unspecified atom stereocenters. The summed E-state index contributed by atoms with van der Waals surface area (Å²) in [6, 6.07) is 0. The van der Waals surface area contributed by atoms with Crippen molar-refractivity contribution in [2.75, 3.05) is 13.2 Å². The molecule has 4 atom stereocenters. The van der Waals surface area contributed by atoms with Crippen LogP contribution < -0.4 is 0 Å². The summed E-state index contributed by atoms with van der Waals surface area (Å²) >= 11 is 0. The van der Waals surface area contributed by atoms with E-state index in [-0.39, 0.29) is 35.6 Å². The van der Waals surface area contributed by atoms with E-state index in [9.17, 15) is 0 Å². The van der Waals surface area contributed by atoms with Crippen LogP contribution in [0, 0.1) is 5.92 Å². The van der Waals surface area contributed by atoms with Crippen LogP contribution in [0.25, 0.3) is 0 Å². The molecule has 0 saturated carbocycles. The van der Waals surface area contributed by atoms with E-state index in [1.54, 1.807) is 0 Å². The van der Waals surface area contributed by atoms with Crippen LogP contribution in [0.1, 0.15) is 61.3 Å². The van der Waals surface area contributed by atoms with Gasteiger partial charge in [-0.25, -0.2) is 0 Å². The zero-order valence-electron chi connectivity index (χ0n) is 15.3. The third-order valence-corrected chi connectivity index (χ3v) is 5.13. The molecule has 0 spiro atoms. The molecule has 0 bridgehead atoms. The summed E-state index contributed by atoms with van der Waals surface area (Å²) in [5, 5.41) is 0. The fraction of sp³-hybridized carbons (Fsp3) is 1.00. The van der Waals surface area contributed by atoms with Crippen LogP contribution >= 0.6 is 0 Å². The van der Waals surface area contributed by atoms with Gasteiger partial charge in [0.2, 0.25) is 0 Å². The lowest BCUT2D eigenvalue weighted by Gasteiger charge is -2.33. The van der Waals surface area contributed by atoms with E-state index in [1.807, 2.05) is 0 Å². The van der Waals surface area contributed by atoms with Crippen LogP contribution in [0.15, 0.2) is 0 Å².